The molecule has 2 aromatic rings. The molecule has 0 spiro atoms. The predicted molar refractivity (Wildman–Crippen MR) is 73.7 cm³/mol. The number of carboxylic acids is 1. The molecule has 3 N–H and O–H groups in total. The molecular weight excluding hydrogens is 240 g/mol. The van der Waals surface area contributed by atoms with Crippen LogP contribution in [0.25, 0.3) is 11.3 Å². The van der Waals surface area contributed by atoms with E-state index in [0.717, 1.165) is 22.4 Å². The van der Waals surface area contributed by atoms with E-state index in [2.05, 4.69) is 4.98 Å². The normalized spacial score (nSPS) is 12.1. The lowest BCUT2D eigenvalue weighted by Gasteiger charge is -2.08. The molecule has 0 amide bonds. The van der Waals surface area contributed by atoms with Crippen molar-refractivity contribution in [2.45, 2.75) is 19.4 Å². The molecule has 98 valence electrons. The van der Waals surface area contributed by atoms with Crippen LogP contribution >= 0.6 is 0 Å². The van der Waals surface area contributed by atoms with E-state index in [0.29, 0.717) is 0 Å². The molecule has 0 aliphatic heterocycles. The van der Waals surface area contributed by atoms with Crippen LogP contribution in [0.3, 0.4) is 0 Å². The van der Waals surface area contributed by atoms with Crippen LogP contribution in [0.1, 0.15) is 11.1 Å². The fourth-order valence-electron chi connectivity index (χ4n) is 1.91. The number of aliphatic carboxylic acids is 1. The summed E-state index contributed by atoms with van der Waals surface area (Å²) in [6.45, 7) is 2.03. The summed E-state index contributed by atoms with van der Waals surface area (Å²) < 4.78 is 0. The van der Waals surface area contributed by atoms with Gasteiger partial charge in [-0.1, -0.05) is 30.3 Å². The van der Waals surface area contributed by atoms with Crippen molar-refractivity contribution >= 4 is 5.97 Å². The Balaban J connectivity index is 2.19. The highest BCUT2D eigenvalue weighted by molar-refractivity contribution is 5.73. The van der Waals surface area contributed by atoms with Crippen molar-refractivity contribution in [1.29, 1.82) is 0 Å². The molecular formula is C15H16N2O2. The number of aryl methyl sites for hydroxylation is 1. The van der Waals surface area contributed by atoms with Crippen molar-refractivity contribution in [2.24, 2.45) is 5.73 Å². The molecule has 4 heteroatoms. The van der Waals surface area contributed by atoms with E-state index in [1.54, 1.807) is 6.20 Å². The third kappa shape index (κ3) is 3.17. The largest absolute Gasteiger partial charge is 0.480 e. The van der Waals surface area contributed by atoms with Crippen molar-refractivity contribution in [3.05, 3.63) is 53.7 Å². The van der Waals surface area contributed by atoms with Gasteiger partial charge in [0.05, 0.1) is 5.69 Å². The highest BCUT2D eigenvalue weighted by atomic mass is 16.4. The van der Waals surface area contributed by atoms with E-state index >= 15 is 0 Å². The highest BCUT2D eigenvalue weighted by Crippen LogP contribution is 2.21. The molecule has 19 heavy (non-hydrogen) atoms. The first-order valence-corrected chi connectivity index (χ1v) is 6.07. The number of rotatable bonds is 4. The first-order chi connectivity index (χ1) is 9.08. The van der Waals surface area contributed by atoms with Gasteiger partial charge in [0.1, 0.15) is 6.04 Å². The standard InChI is InChI=1S/C15H16N2O2/c1-10-4-2-3-5-12(10)14-7-6-11(9-17-14)8-13(16)15(18)19/h2-7,9,13H,8,16H2,1H3,(H,18,19). The minimum atomic E-state index is -0.997. The number of benzene rings is 1. The number of hydrogen-bond acceptors (Lipinski definition) is 3. The summed E-state index contributed by atoms with van der Waals surface area (Å²) in [5.74, 6) is -0.997. The fraction of sp³-hybridized carbons (Fsp3) is 0.200. The Hall–Kier alpha value is -2.20. The Kier molecular flexibility index (Phi) is 3.92. The van der Waals surface area contributed by atoms with Crippen LogP contribution in [0.5, 0.6) is 0 Å². The summed E-state index contributed by atoms with van der Waals surface area (Å²) in [4.78, 5) is 15.1. The Bertz CT molecular complexity index is 579. The number of pyridine rings is 1. The summed E-state index contributed by atoms with van der Waals surface area (Å²) in [5.41, 5.74) is 9.44. The summed E-state index contributed by atoms with van der Waals surface area (Å²) in [6.07, 6.45) is 1.97. The van der Waals surface area contributed by atoms with Gasteiger partial charge in [-0.2, -0.15) is 0 Å². The molecule has 0 fully saturated rings. The summed E-state index contributed by atoms with van der Waals surface area (Å²) in [6, 6.07) is 10.9. The maximum atomic E-state index is 10.7. The Morgan fingerprint density at radius 2 is 2.05 bits per heavy atom. The molecule has 1 aromatic heterocycles. The molecule has 1 unspecified atom stereocenters. The van der Waals surface area contributed by atoms with Gasteiger partial charge in [0, 0.05) is 11.8 Å². The number of carboxylic acid groups (broad SMARTS) is 1. The second-order valence-electron chi connectivity index (χ2n) is 4.52. The maximum absolute atomic E-state index is 10.7. The van der Waals surface area contributed by atoms with Gasteiger partial charge in [-0.15, -0.1) is 0 Å². The molecule has 1 heterocycles. The summed E-state index contributed by atoms with van der Waals surface area (Å²) in [7, 11) is 0. The van der Waals surface area contributed by atoms with Gasteiger partial charge in [0.15, 0.2) is 0 Å². The van der Waals surface area contributed by atoms with Crippen molar-refractivity contribution in [3.63, 3.8) is 0 Å². The predicted octanol–water partition coefficient (Wildman–Crippen LogP) is 2.01. The monoisotopic (exact) mass is 256 g/mol. The Morgan fingerprint density at radius 3 is 2.63 bits per heavy atom. The number of nitrogens with two attached hydrogens (primary N) is 1. The minimum Gasteiger partial charge on any atom is -0.480 e. The van der Waals surface area contributed by atoms with E-state index in [1.165, 1.54) is 0 Å². The van der Waals surface area contributed by atoms with Gasteiger partial charge in [0.2, 0.25) is 0 Å². The Morgan fingerprint density at radius 1 is 1.32 bits per heavy atom. The van der Waals surface area contributed by atoms with Crippen molar-refractivity contribution in [1.82, 2.24) is 4.98 Å². The molecule has 0 bridgehead atoms. The molecule has 0 aliphatic carbocycles. The fourth-order valence-corrected chi connectivity index (χ4v) is 1.91. The van der Waals surface area contributed by atoms with Gasteiger partial charge in [-0.05, 0) is 30.5 Å². The van der Waals surface area contributed by atoms with Crippen LogP contribution in [0.2, 0.25) is 0 Å². The second-order valence-corrected chi connectivity index (χ2v) is 4.52. The quantitative estimate of drug-likeness (QED) is 0.877. The number of nitrogens with zero attached hydrogens (tertiary/aromatic N) is 1. The molecule has 2 rings (SSSR count). The number of aromatic nitrogens is 1. The zero-order valence-corrected chi connectivity index (χ0v) is 10.7. The molecule has 1 atom stereocenters. The van der Waals surface area contributed by atoms with Crippen LogP contribution < -0.4 is 5.73 Å². The van der Waals surface area contributed by atoms with Crippen molar-refractivity contribution in [2.75, 3.05) is 0 Å². The first kappa shape index (κ1) is 13.2. The van der Waals surface area contributed by atoms with E-state index in [4.69, 9.17) is 10.8 Å². The second kappa shape index (κ2) is 5.63. The van der Waals surface area contributed by atoms with Gasteiger partial charge >= 0.3 is 5.97 Å². The summed E-state index contributed by atoms with van der Waals surface area (Å²) in [5, 5.41) is 8.77. The van der Waals surface area contributed by atoms with Crippen LogP contribution in [0.15, 0.2) is 42.6 Å². The third-order valence-corrected chi connectivity index (χ3v) is 3.02. The molecule has 1 aromatic carbocycles. The van der Waals surface area contributed by atoms with Crippen molar-refractivity contribution < 1.29 is 9.90 Å². The Labute approximate surface area is 111 Å². The first-order valence-electron chi connectivity index (χ1n) is 6.07. The number of hydrogen-bond donors (Lipinski definition) is 2. The van der Waals surface area contributed by atoms with E-state index < -0.39 is 12.0 Å². The highest BCUT2D eigenvalue weighted by Gasteiger charge is 2.12. The smallest absolute Gasteiger partial charge is 0.320 e. The van der Waals surface area contributed by atoms with Crippen LogP contribution in [-0.2, 0) is 11.2 Å². The zero-order chi connectivity index (χ0) is 13.8. The lowest BCUT2D eigenvalue weighted by Crippen LogP contribution is -2.32. The van der Waals surface area contributed by atoms with Gasteiger partial charge in [-0.25, -0.2) is 0 Å². The zero-order valence-electron chi connectivity index (χ0n) is 10.7. The van der Waals surface area contributed by atoms with Crippen molar-refractivity contribution in [3.8, 4) is 11.3 Å². The van der Waals surface area contributed by atoms with Crippen LogP contribution in [-0.4, -0.2) is 22.1 Å². The number of carbonyl (C=O) groups is 1. The van der Waals surface area contributed by atoms with Crippen LogP contribution in [0, 0.1) is 6.92 Å². The lowest BCUT2D eigenvalue weighted by molar-refractivity contribution is -0.138. The van der Waals surface area contributed by atoms with Gasteiger partial charge in [-0.3, -0.25) is 9.78 Å². The van der Waals surface area contributed by atoms with Gasteiger partial charge < -0.3 is 10.8 Å². The average Bonchev–Trinajstić information content (AvgIpc) is 2.40. The minimum absolute atomic E-state index is 0.288. The SMILES string of the molecule is Cc1ccccc1-c1ccc(CC(N)C(=O)O)cn1. The summed E-state index contributed by atoms with van der Waals surface area (Å²) >= 11 is 0. The molecule has 0 saturated heterocycles. The molecule has 0 saturated carbocycles. The third-order valence-electron chi connectivity index (χ3n) is 3.02. The van der Waals surface area contributed by atoms with Gasteiger partial charge in [0.25, 0.3) is 0 Å². The maximum Gasteiger partial charge on any atom is 0.320 e. The van der Waals surface area contributed by atoms with E-state index in [9.17, 15) is 4.79 Å². The van der Waals surface area contributed by atoms with E-state index in [-0.39, 0.29) is 6.42 Å². The topological polar surface area (TPSA) is 76.2 Å². The lowest BCUT2D eigenvalue weighted by atomic mass is 10.0. The molecule has 4 nitrogen and oxygen atoms in total. The van der Waals surface area contributed by atoms with Crippen LogP contribution in [0.4, 0.5) is 0 Å². The molecule has 0 radical (unpaired) electrons. The average molecular weight is 256 g/mol. The molecule has 0 aliphatic rings. The van der Waals surface area contributed by atoms with E-state index in [1.807, 2.05) is 43.3 Å².